The smallest absolute Gasteiger partial charge is 0.180 e. The first-order valence-electron chi connectivity index (χ1n) is 13.1. The summed E-state index contributed by atoms with van der Waals surface area (Å²) < 4.78 is 0. The molecule has 0 amide bonds. The maximum Gasteiger partial charge on any atom is 0.180 e. The summed E-state index contributed by atoms with van der Waals surface area (Å²) in [6.45, 7) is 10.2. The Bertz CT molecular complexity index is 1300. The molecule has 0 spiro atoms. The summed E-state index contributed by atoms with van der Waals surface area (Å²) in [6, 6.07) is 16.1. The summed E-state index contributed by atoms with van der Waals surface area (Å²) in [6.07, 6.45) is 4.61. The summed E-state index contributed by atoms with van der Waals surface area (Å²) >= 11 is 1.70. The standard InChI is InChI=1S/C28H36N6S/c1-2-11-33(21-8-10-26-27(19-21)35-28(29)31-26)15-12-32-13-16-34(17-14-32)20-7-9-25-23(18-20)22-5-3-4-6-24(22)30-25/h3-7,9,18,21,30H,2,8,10-17,19H2,1H3,(H2,29,31)/t21-/m0/s1. The lowest BCUT2D eigenvalue weighted by Gasteiger charge is -2.39. The van der Waals surface area contributed by atoms with Crippen LogP contribution in [0.5, 0.6) is 0 Å². The number of nitrogens with zero attached hydrogens (tertiary/aromatic N) is 4. The average molecular weight is 489 g/mol. The minimum atomic E-state index is 0.631. The Morgan fingerprint density at radius 1 is 1.06 bits per heavy atom. The lowest BCUT2D eigenvalue weighted by atomic mass is 9.96. The number of H-pyrrole nitrogens is 1. The number of piperazine rings is 1. The summed E-state index contributed by atoms with van der Waals surface area (Å²) in [5.74, 6) is 0. The van der Waals surface area contributed by atoms with E-state index in [9.17, 15) is 0 Å². The molecule has 3 N–H and O–H groups in total. The van der Waals surface area contributed by atoms with E-state index < -0.39 is 0 Å². The first-order valence-corrected chi connectivity index (χ1v) is 14.0. The Balaban J connectivity index is 1.06. The summed E-state index contributed by atoms with van der Waals surface area (Å²) in [4.78, 5) is 17.4. The van der Waals surface area contributed by atoms with Gasteiger partial charge in [0.15, 0.2) is 5.13 Å². The Hall–Kier alpha value is -2.61. The topological polar surface area (TPSA) is 64.4 Å². The van der Waals surface area contributed by atoms with E-state index in [1.165, 1.54) is 57.5 Å². The third-order valence-electron chi connectivity index (χ3n) is 7.89. The number of anilines is 2. The Kier molecular flexibility index (Phi) is 6.39. The van der Waals surface area contributed by atoms with Crippen molar-refractivity contribution < 1.29 is 0 Å². The number of hydrogen-bond acceptors (Lipinski definition) is 6. The fourth-order valence-corrected chi connectivity index (χ4v) is 6.94. The lowest BCUT2D eigenvalue weighted by Crippen LogP contribution is -2.50. The van der Waals surface area contributed by atoms with Crippen molar-refractivity contribution in [2.75, 3.05) is 56.4 Å². The lowest BCUT2D eigenvalue weighted by molar-refractivity contribution is 0.146. The second-order valence-electron chi connectivity index (χ2n) is 10.1. The molecular formula is C28H36N6S. The number of benzene rings is 2. The molecule has 35 heavy (non-hydrogen) atoms. The number of rotatable bonds is 7. The zero-order valence-corrected chi connectivity index (χ0v) is 21.5. The molecule has 6 rings (SSSR count). The van der Waals surface area contributed by atoms with Crippen molar-refractivity contribution in [2.45, 2.75) is 38.6 Å². The third kappa shape index (κ3) is 4.65. The normalized spacial score (nSPS) is 19.1. The predicted molar refractivity (Wildman–Crippen MR) is 149 cm³/mol. The molecule has 1 aliphatic heterocycles. The number of aromatic amines is 1. The van der Waals surface area contributed by atoms with E-state index in [1.54, 1.807) is 11.3 Å². The fraction of sp³-hybridized carbons (Fsp3) is 0.464. The predicted octanol–water partition coefficient (Wildman–Crippen LogP) is 4.75. The maximum absolute atomic E-state index is 5.98. The number of nitrogens with two attached hydrogens (primary N) is 1. The molecule has 1 atom stereocenters. The van der Waals surface area contributed by atoms with E-state index in [1.807, 2.05) is 0 Å². The number of thiazole rings is 1. The van der Waals surface area contributed by atoms with Crippen molar-refractivity contribution in [2.24, 2.45) is 0 Å². The van der Waals surface area contributed by atoms with E-state index in [2.05, 4.69) is 74.1 Å². The minimum Gasteiger partial charge on any atom is -0.375 e. The second kappa shape index (κ2) is 9.80. The van der Waals surface area contributed by atoms with Gasteiger partial charge in [-0.3, -0.25) is 9.80 Å². The number of hydrogen-bond donors (Lipinski definition) is 2. The first kappa shape index (κ1) is 22.8. The molecular weight excluding hydrogens is 452 g/mol. The maximum atomic E-state index is 5.98. The van der Waals surface area contributed by atoms with Gasteiger partial charge in [-0.25, -0.2) is 4.98 Å². The summed E-state index contributed by atoms with van der Waals surface area (Å²) in [7, 11) is 0. The largest absolute Gasteiger partial charge is 0.375 e. The van der Waals surface area contributed by atoms with E-state index >= 15 is 0 Å². The van der Waals surface area contributed by atoms with Crippen LogP contribution < -0.4 is 10.6 Å². The van der Waals surface area contributed by atoms with Gasteiger partial charge in [-0.15, -0.1) is 11.3 Å². The molecule has 0 unspecified atom stereocenters. The molecule has 0 bridgehead atoms. The van der Waals surface area contributed by atoms with Crippen molar-refractivity contribution in [3.63, 3.8) is 0 Å². The molecule has 0 saturated carbocycles. The number of fused-ring (bicyclic) bond motifs is 4. The zero-order chi connectivity index (χ0) is 23.8. The van der Waals surface area contributed by atoms with E-state index in [-0.39, 0.29) is 0 Å². The molecule has 4 aromatic rings. The monoisotopic (exact) mass is 488 g/mol. The van der Waals surface area contributed by atoms with Gasteiger partial charge in [0.1, 0.15) is 0 Å². The molecule has 184 valence electrons. The molecule has 1 aliphatic carbocycles. The van der Waals surface area contributed by atoms with E-state index in [4.69, 9.17) is 5.73 Å². The number of nitrogens with one attached hydrogen (secondary N) is 1. The minimum absolute atomic E-state index is 0.631. The molecule has 7 heteroatoms. The highest BCUT2D eigenvalue weighted by atomic mass is 32.1. The van der Waals surface area contributed by atoms with E-state index in [0.29, 0.717) is 6.04 Å². The van der Waals surface area contributed by atoms with Crippen LogP contribution in [0.25, 0.3) is 21.8 Å². The molecule has 0 radical (unpaired) electrons. The number of nitrogen functional groups attached to an aromatic ring is 1. The second-order valence-corrected chi connectivity index (χ2v) is 11.2. The van der Waals surface area contributed by atoms with Gasteiger partial charge in [-0.05, 0) is 56.5 Å². The van der Waals surface area contributed by atoms with Crippen molar-refractivity contribution in [1.82, 2.24) is 19.8 Å². The number of aryl methyl sites for hydroxylation is 1. The van der Waals surface area contributed by atoms with Gasteiger partial charge in [-0.1, -0.05) is 25.1 Å². The van der Waals surface area contributed by atoms with Crippen LogP contribution in [-0.2, 0) is 12.8 Å². The molecule has 2 aromatic heterocycles. The summed E-state index contributed by atoms with van der Waals surface area (Å²) in [5.41, 5.74) is 11.0. The molecule has 2 aliphatic rings. The highest BCUT2D eigenvalue weighted by Gasteiger charge is 2.27. The van der Waals surface area contributed by atoms with Crippen LogP contribution in [0.4, 0.5) is 10.8 Å². The van der Waals surface area contributed by atoms with Gasteiger partial charge in [0.25, 0.3) is 0 Å². The van der Waals surface area contributed by atoms with Crippen molar-refractivity contribution in [3.8, 4) is 0 Å². The molecule has 1 saturated heterocycles. The van der Waals surface area contributed by atoms with Crippen LogP contribution in [0.3, 0.4) is 0 Å². The SMILES string of the molecule is CCCN(CCN1CCN(c2ccc3[nH]c4ccccc4c3c2)CC1)[C@H]1CCc2nc(N)sc2C1. The van der Waals surface area contributed by atoms with Crippen LogP contribution in [0.1, 0.15) is 30.3 Å². The van der Waals surface area contributed by atoms with Crippen LogP contribution in [0, 0.1) is 0 Å². The van der Waals surface area contributed by atoms with Crippen molar-refractivity contribution in [1.29, 1.82) is 0 Å². The van der Waals surface area contributed by atoms with Gasteiger partial charge in [0, 0.05) is 77.7 Å². The van der Waals surface area contributed by atoms with Gasteiger partial charge in [0.2, 0.25) is 0 Å². The number of para-hydroxylation sites is 1. The fourth-order valence-electron chi connectivity index (χ4n) is 5.99. The first-order chi connectivity index (χ1) is 17.2. The Labute approximate surface area is 211 Å². The van der Waals surface area contributed by atoms with Gasteiger partial charge in [-0.2, -0.15) is 0 Å². The molecule has 6 nitrogen and oxygen atoms in total. The Morgan fingerprint density at radius 3 is 2.74 bits per heavy atom. The van der Waals surface area contributed by atoms with Crippen LogP contribution in [0.15, 0.2) is 42.5 Å². The van der Waals surface area contributed by atoms with Crippen molar-refractivity contribution in [3.05, 3.63) is 53.0 Å². The molecule has 1 fully saturated rings. The van der Waals surface area contributed by atoms with E-state index in [0.717, 1.165) is 57.2 Å². The molecule has 3 heterocycles. The molecule has 2 aromatic carbocycles. The quantitative estimate of drug-likeness (QED) is 0.393. The average Bonchev–Trinajstić information content (AvgIpc) is 3.45. The summed E-state index contributed by atoms with van der Waals surface area (Å²) in [5, 5.41) is 3.38. The third-order valence-corrected chi connectivity index (χ3v) is 8.84. The van der Waals surface area contributed by atoms with Crippen LogP contribution >= 0.6 is 11.3 Å². The zero-order valence-electron chi connectivity index (χ0n) is 20.7. The van der Waals surface area contributed by atoms with Gasteiger partial charge < -0.3 is 15.6 Å². The van der Waals surface area contributed by atoms with Crippen LogP contribution in [-0.4, -0.2) is 71.6 Å². The van der Waals surface area contributed by atoms with Crippen molar-refractivity contribution >= 4 is 44.0 Å². The van der Waals surface area contributed by atoms with Gasteiger partial charge >= 0.3 is 0 Å². The van der Waals surface area contributed by atoms with Crippen LogP contribution in [0.2, 0.25) is 0 Å². The van der Waals surface area contributed by atoms with Gasteiger partial charge in [0.05, 0.1) is 5.69 Å². The highest BCUT2D eigenvalue weighted by molar-refractivity contribution is 7.15. The highest BCUT2D eigenvalue weighted by Crippen LogP contribution is 2.31. The number of aromatic nitrogens is 2. The Morgan fingerprint density at radius 2 is 1.89 bits per heavy atom.